The zero-order valence-electron chi connectivity index (χ0n) is 22.5. The highest BCUT2D eigenvalue weighted by molar-refractivity contribution is 6.00. The number of Topliss-reactive ketones (excluding diaryl/α,β-unsaturated/α-hetero) is 1. The van der Waals surface area contributed by atoms with Crippen LogP contribution in [-0.4, -0.2) is 64.7 Å². The van der Waals surface area contributed by atoms with Crippen molar-refractivity contribution in [3.63, 3.8) is 0 Å². The molecular weight excluding hydrogens is 522 g/mol. The van der Waals surface area contributed by atoms with Crippen LogP contribution in [0.2, 0.25) is 0 Å². The van der Waals surface area contributed by atoms with E-state index in [1.165, 1.54) is 6.20 Å². The van der Waals surface area contributed by atoms with Gasteiger partial charge in [0.1, 0.15) is 18.0 Å². The van der Waals surface area contributed by atoms with Gasteiger partial charge in [-0.2, -0.15) is 0 Å². The molecule has 11 nitrogen and oxygen atoms in total. The minimum atomic E-state index is -0.476. The molecule has 1 aliphatic rings. The number of alkyl carbamates (subject to hydrolysis) is 1. The van der Waals surface area contributed by atoms with Crippen LogP contribution in [0.4, 0.5) is 16.3 Å². The van der Waals surface area contributed by atoms with E-state index in [1.54, 1.807) is 24.7 Å². The lowest BCUT2D eigenvalue weighted by Gasteiger charge is -2.30. The predicted molar refractivity (Wildman–Crippen MR) is 153 cm³/mol. The standard InChI is InChI=1S/C30H31N7O4/c31-29-28(27(38)16-23-18-32-10-9-26(23)37-12-14-40-15-13-37)36-25(19-35-29)24-7-6-21(17-34-24)8-11-33-30(39)41-20-22-4-2-1-3-5-22/h1-7,9-10,17-19H,8,11-16,20H2,(H2,31,35)(H,33,39). The third-order valence-electron chi connectivity index (χ3n) is 6.63. The number of benzene rings is 1. The quantitative estimate of drug-likeness (QED) is 0.281. The van der Waals surface area contributed by atoms with E-state index in [1.807, 2.05) is 42.5 Å². The molecule has 0 aliphatic carbocycles. The molecule has 0 unspecified atom stereocenters. The van der Waals surface area contributed by atoms with Gasteiger partial charge in [0.05, 0.1) is 25.1 Å². The number of pyridine rings is 2. The summed E-state index contributed by atoms with van der Waals surface area (Å²) < 4.78 is 10.7. The maximum atomic E-state index is 13.3. The Morgan fingerprint density at radius 3 is 2.56 bits per heavy atom. The predicted octanol–water partition coefficient (Wildman–Crippen LogP) is 3.25. The number of rotatable bonds is 10. The first kappa shape index (κ1) is 27.7. The number of aromatic nitrogens is 4. The minimum absolute atomic E-state index is 0.0670. The molecule has 0 saturated carbocycles. The monoisotopic (exact) mass is 553 g/mol. The van der Waals surface area contributed by atoms with Crippen LogP contribution in [-0.2, 0) is 28.9 Å². The lowest BCUT2D eigenvalue weighted by Crippen LogP contribution is -2.37. The number of carbonyl (C=O) groups is 2. The van der Waals surface area contributed by atoms with E-state index in [2.05, 4.69) is 30.2 Å². The summed E-state index contributed by atoms with van der Waals surface area (Å²) in [5.74, 6) is -0.182. The van der Waals surface area contributed by atoms with E-state index >= 15 is 0 Å². The fourth-order valence-electron chi connectivity index (χ4n) is 4.46. The van der Waals surface area contributed by atoms with E-state index in [0.29, 0.717) is 37.6 Å². The largest absolute Gasteiger partial charge is 0.445 e. The fraction of sp³-hybridized carbons (Fsp3) is 0.267. The van der Waals surface area contributed by atoms with Gasteiger partial charge in [0, 0.05) is 55.9 Å². The van der Waals surface area contributed by atoms with Gasteiger partial charge in [0.25, 0.3) is 0 Å². The number of ketones is 1. The highest BCUT2D eigenvalue weighted by Gasteiger charge is 2.20. The number of hydrogen-bond acceptors (Lipinski definition) is 10. The molecule has 0 bridgehead atoms. The van der Waals surface area contributed by atoms with Crippen molar-refractivity contribution >= 4 is 23.4 Å². The van der Waals surface area contributed by atoms with Crippen LogP contribution >= 0.6 is 0 Å². The SMILES string of the molecule is Nc1ncc(-c2ccc(CCNC(=O)OCc3ccccc3)cn2)nc1C(=O)Cc1cnccc1N1CCOCC1. The summed E-state index contributed by atoms with van der Waals surface area (Å²) in [5.41, 5.74) is 10.8. The minimum Gasteiger partial charge on any atom is -0.445 e. The molecule has 1 saturated heterocycles. The van der Waals surface area contributed by atoms with Crippen molar-refractivity contribution < 1.29 is 19.1 Å². The number of hydrogen-bond donors (Lipinski definition) is 2. The normalized spacial score (nSPS) is 13.0. The highest BCUT2D eigenvalue weighted by Crippen LogP contribution is 2.24. The number of amides is 1. The molecule has 0 atom stereocenters. The second kappa shape index (κ2) is 13.4. The Kier molecular flexibility index (Phi) is 9.07. The lowest BCUT2D eigenvalue weighted by atomic mass is 10.1. The first-order chi connectivity index (χ1) is 20.1. The van der Waals surface area contributed by atoms with E-state index in [-0.39, 0.29) is 30.3 Å². The van der Waals surface area contributed by atoms with Gasteiger partial charge in [-0.3, -0.25) is 14.8 Å². The van der Waals surface area contributed by atoms with Gasteiger partial charge < -0.3 is 25.4 Å². The van der Waals surface area contributed by atoms with Crippen LogP contribution in [0.3, 0.4) is 0 Å². The first-order valence-electron chi connectivity index (χ1n) is 13.4. The number of nitrogens with two attached hydrogens (primary N) is 1. The summed E-state index contributed by atoms with van der Waals surface area (Å²) in [6.07, 6.45) is 6.82. The van der Waals surface area contributed by atoms with E-state index < -0.39 is 6.09 Å². The van der Waals surface area contributed by atoms with Crippen LogP contribution in [0.15, 0.2) is 73.3 Å². The van der Waals surface area contributed by atoms with Gasteiger partial charge in [-0.25, -0.2) is 14.8 Å². The number of nitrogen functional groups attached to an aromatic ring is 1. The van der Waals surface area contributed by atoms with Gasteiger partial charge in [-0.1, -0.05) is 36.4 Å². The molecule has 3 aromatic heterocycles. The average Bonchev–Trinajstić information content (AvgIpc) is 3.02. The molecule has 1 aromatic carbocycles. The number of carbonyl (C=O) groups excluding carboxylic acids is 2. The summed E-state index contributed by atoms with van der Waals surface area (Å²) in [6.45, 7) is 3.39. The number of nitrogens with one attached hydrogen (secondary N) is 1. The van der Waals surface area contributed by atoms with Crippen molar-refractivity contribution in [3.8, 4) is 11.4 Å². The molecule has 3 N–H and O–H groups in total. The summed E-state index contributed by atoms with van der Waals surface area (Å²) in [4.78, 5) is 44.9. The Morgan fingerprint density at radius 2 is 1.78 bits per heavy atom. The molecule has 11 heteroatoms. The van der Waals surface area contributed by atoms with Gasteiger partial charge in [0.2, 0.25) is 0 Å². The van der Waals surface area contributed by atoms with Crippen molar-refractivity contribution in [1.82, 2.24) is 25.3 Å². The Labute approximate surface area is 237 Å². The van der Waals surface area contributed by atoms with Gasteiger partial charge in [-0.15, -0.1) is 0 Å². The molecule has 0 radical (unpaired) electrons. The molecule has 1 fully saturated rings. The van der Waals surface area contributed by atoms with Crippen molar-refractivity contribution in [2.24, 2.45) is 0 Å². The summed E-state index contributed by atoms with van der Waals surface area (Å²) >= 11 is 0. The zero-order valence-corrected chi connectivity index (χ0v) is 22.5. The van der Waals surface area contributed by atoms with Crippen molar-refractivity contribution in [3.05, 3.63) is 95.7 Å². The molecular formula is C30H31N7O4. The third-order valence-corrected chi connectivity index (χ3v) is 6.63. The van der Waals surface area contributed by atoms with E-state index in [4.69, 9.17) is 15.2 Å². The topological polar surface area (TPSA) is 145 Å². The number of anilines is 2. The van der Waals surface area contributed by atoms with Crippen molar-refractivity contribution in [2.45, 2.75) is 19.4 Å². The van der Waals surface area contributed by atoms with Gasteiger partial charge >= 0.3 is 6.09 Å². The second-order valence-corrected chi connectivity index (χ2v) is 9.48. The number of morpholine rings is 1. The molecule has 210 valence electrons. The van der Waals surface area contributed by atoms with Crippen LogP contribution in [0.5, 0.6) is 0 Å². The summed E-state index contributed by atoms with van der Waals surface area (Å²) in [7, 11) is 0. The molecule has 5 rings (SSSR count). The molecule has 4 heterocycles. The second-order valence-electron chi connectivity index (χ2n) is 9.48. The van der Waals surface area contributed by atoms with Crippen LogP contribution in [0.25, 0.3) is 11.4 Å². The first-order valence-corrected chi connectivity index (χ1v) is 13.4. The van der Waals surface area contributed by atoms with Gasteiger partial charge in [0.15, 0.2) is 11.6 Å². The Balaban J connectivity index is 1.18. The Hall–Kier alpha value is -4.90. The number of nitrogens with zero attached hydrogens (tertiary/aromatic N) is 5. The summed E-state index contributed by atoms with van der Waals surface area (Å²) in [6, 6.07) is 15.1. The molecule has 41 heavy (non-hydrogen) atoms. The molecule has 1 aliphatic heterocycles. The Morgan fingerprint density at radius 1 is 0.951 bits per heavy atom. The smallest absolute Gasteiger partial charge is 0.407 e. The maximum Gasteiger partial charge on any atom is 0.407 e. The van der Waals surface area contributed by atoms with E-state index in [0.717, 1.165) is 35.5 Å². The van der Waals surface area contributed by atoms with Gasteiger partial charge in [-0.05, 0) is 29.7 Å². The van der Waals surface area contributed by atoms with Crippen LogP contribution in [0, 0.1) is 0 Å². The van der Waals surface area contributed by atoms with Crippen molar-refractivity contribution in [1.29, 1.82) is 0 Å². The van der Waals surface area contributed by atoms with E-state index in [9.17, 15) is 9.59 Å². The zero-order chi connectivity index (χ0) is 28.4. The van der Waals surface area contributed by atoms with Crippen molar-refractivity contribution in [2.75, 3.05) is 43.5 Å². The summed E-state index contributed by atoms with van der Waals surface area (Å²) in [5, 5.41) is 2.74. The third kappa shape index (κ3) is 7.40. The molecule has 1 amide bonds. The number of ether oxygens (including phenoxy) is 2. The van der Waals surface area contributed by atoms with Crippen LogP contribution in [0.1, 0.15) is 27.2 Å². The average molecular weight is 554 g/mol. The molecule has 4 aromatic rings. The maximum absolute atomic E-state index is 13.3. The van der Waals surface area contributed by atoms with Crippen LogP contribution < -0.4 is 16.0 Å². The highest BCUT2D eigenvalue weighted by atomic mass is 16.5. The molecule has 0 spiro atoms. The lowest BCUT2D eigenvalue weighted by molar-refractivity contribution is 0.0988. The Bertz CT molecular complexity index is 1480. The fourth-order valence-corrected chi connectivity index (χ4v) is 4.46.